The molecule has 0 aliphatic carbocycles. The first kappa shape index (κ1) is 19.7. The summed E-state index contributed by atoms with van der Waals surface area (Å²) < 4.78 is 43.9. The van der Waals surface area contributed by atoms with E-state index in [4.69, 9.17) is 4.74 Å². The van der Waals surface area contributed by atoms with Gasteiger partial charge in [0.1, 0.15) is 5.75 Å². The monoisotopic (exact) mass is 387 g/mol. The van der Waals surface area contributed by atoms with Crippen LogP contribution in [0.3, 0.4) is 0 Å². The van der Waals surface area contributed by atoms with Crippen LogP contribution in [0, 0.1) is 0 Å². The molecule has 3 nitrogen and oxygen atoms in total. The van der Waals surface area contributed by atoms with Gasteiger partial charge in [0.2, 0.25) is 0 Å². The molecular formula is C22H20F3NO2. The van der Waals surface area contributed by atoms with Gasteiger partial charge in [-0.05, 0) is 72.1 Å². The Kier molecular flexibility index (Phi) is 5.31. The zero-order valence-corrected chi connectivity index (χ0v) is 15.7. The number of hydrogen-bond donors (Lipinski definition) is 1. The average molecular weight is 387 g/mol. The number of nitrogens with one attached hydrogen (secondary N) is 1. The first-order valence-corrected chi connectivity index (χ1v) is 8.79. The molecule has 0 bridgehead atoms. The summed E-state index contributed by atoms with van der Waals surface area (Å²) in [6.45, 7) is 3.76. The van der Waals surface area contributed by atoms with E-state index in [1.54, 1.807) is 30.3 Å². The normalized spacial score (nSPS) is 11.7. The summed E-state index contributed by atoms with van der Waals surface area (Å²) in [6, 6.07) is 13.9. The van der Waals surface area contributed by atoms with Crippen LogP contribution in [0.15, 0.2) is 54.6 Å². The lowest BCUT2D eigenvalue weighted by molar-refractivity contribution is -0.137. The summed E-state index contributed by atoms with van der Waals surface area (Å²) in [6.07, 6.45) is -4.38. The van der Waals surface area contributed by atoms with Gasteiger partial charge in [-0.15, -0.1) is 0 Å². The molecule has 1 amide bonds. The molecule has 0 radical (unpaired) electrons. The summed E-state index contributed by atoms with van der Waals surface area (Å²) in [5.41, 5.74) is 1.18. The summed E-state index contributed by atoms with van der Waals surface area (Å²) in [4.78, 5) is 12.3. The fourth-order valence-corrected chi connectivity index (χ4v) is 3.02. The number of rotatable bonds is 4. The maximum atomic E-state index is 12.8. The molecule has 3 aromatic carbocycles. The Bertz CT molecular complexity index is 1010. The first-order valence-electron chi connectivity index (χ1n) is 8.79. The fraction of sp³-hybridized carbons (Fsp3) is 0.227. The van der Waals surface area contributed by atoms with E-state index < -0.39 is 11.7 Å². The van der Waals surface area contributed by atoms with Crippen LogP contribution < -0.4 is 10.1 Å². The minimum absolute atomic E-state index is 0.0104. The number of benzene rings is 3. The highest BCUT2D eigenvalue weighted by Gasteiger charge is 2.30. The topological polar surface area (TPSA) is 38.3 Å². The van der Waals surface area contributed by atoms with E-state index >= 15 is 0 Å². The van der Waals surface area contributed by atoms with Crippen LogP contribution in [0.2, 0.25) is 0 Å². The Morgan fingerprint density at radius 3 is 2.25 bits per heavy atom. The molecular weight excluding hydrogens is 367 g/mol. The van der Waals surface area contributed by atoms with Crippen molar-refractivity contribution in [1.29, 1.82) is 0 Å². The van der Waals surface area contributed by atoms with E-state index in [0.717, 1.165) is 28.5 Å². The molecule has 0 aromatic heterocycles. The number of carbonyl (C=O) groups excluding carboxylic acids is 1. The van der Waals surface area contributed by atoms with Gasteiger partial charge in [-0.1, -0.05) is 18.2 Å². The van der Waals surface area contributed by atoms with Crippen molar-refractivity contribution in [3.05, 3.63) is 65.7 Å². The third-order valence-electron chi connectivity index (χ3n) is 4.37. The van der Waals surface area contributed by atoms with Gasteiger partial charge in [0.25, 0.3) is 5.91 Å². The minimum atomic E-state index is -4.38. The van der Waals surface area contributed by atoms with Gasteiger partial charge in [0, 0.05) is 11.6 Å². The van der Waals surface area contributed by atoms with E-state index in [9.17, 15) is 18.0 Å². The molecule has 0 spiro atoms. The number of hydrogen-bond acceptors (Lipinski definition) is 2. The smallest absolute Gasteiger partial charge is 0.416 e. The Morgan fingerprint density at radius 2 is 1.68 bits per heavy atom. The van der Waals surface area contributed by atoms with Gasteiger partial charge in [-0.25, -0.2) is 0 Å². The number of amides is 1. The molecule has 0 fully saturated rings. The molecule has 3 rings (SSSR count). The van der Waals surface area contributed by atoms with Gasteiger partial charge in [0.15, 0.2) is 0 Å². The maximum Gasteiger partial charge on any atom is 0.416 e. The van der Waals surface area contributed by atoms with E-state index in [-0.39, 0.29) is 11.9 Å². The Labute approximate surface area is 161 Å². The predicted octanol–water partition coefficient (Wildman–Crippen LogP) is 5.67. The Balaban J connectivity index is 2.10. The number of alkyl halides is 3. The number of halogens is 3. The van der Waals surface area contributed by atoms with E-state index in [2.05, 4.69) is 5.32 Å². The van der Waals surface area contributed by atoms with Crippen LogP contribution in [0.5, 0.6) is 5.75 Å². The molecule has 1 N–H and O–H groups in total. The zero-order valence-electron chi connectivity index (χ0n) is 15.7. The van der Waals surface area contributed by atoms with Gasteiger partial charge in [0.05, 0.1) is 12.7 Å². The number of ether oxygens (including phenoxy) is 1. The number of carbonyl (C=O) groups is 1. The van der Waals surface area contributed by atoms with Crippen LogP contribution >= 0.6 is 0 Å². The molecule has 3 aromatic rings. The SMILES string of the molecule is COc1cc(-c2ccc(C(F)(F)F)cc2)c2ccc(C(=O)NC(C)C)cc2c1. The van der Waals surface area contributed by atoms with Crippen LogP contribution in [-0.2, 0) is 6.18 Å². The molecule has 0 aliphatic rings. The third kappa shape index (κ3) is 4.11. The molecule has 0 atom stereocenters. The van der Waals surface area contributed by atoms with Crippen molar-refractivity contribution in [1.82, 2.24) is 5.32 Å². The lowest BCUT2D eigenvalue weighted by Gasteiger charge is -2.13. The van der Waals surface area contributed by atoms with Crippen molar-refractivity contribution in [3.63, 3.8) is 0 Å². The van der Waals surface area contributed by atoms with Gasteiger partial charge in [-0.3, -0.25) is 4.79 Å². The summed E-state index contributed by atoms with van der Waals surface area (Å²) in [5.74, 6) is 0.375. The second-order valence-corrected chi connectivity index (χ2v) is 6.81. The zero-order chi connectivity index (χ0) is 20.5. The standard InChI is InChI=1S/C22H20F3NO2/c1-13(2)26-21(27)15-6-9-19-16(10-15)11-18(28-3)12-20(19)14-4-7-17(8-5-14)22(23,24)25/h4-13H,1-3H3,(H,26,27). The van der Waals surface area contributed by atoms with Crippen LogP contribution in [0.4, 0.5) is 13.2 Å². The largest absolute Gasteiger partial charge is 0.497 e. The average Bonchev–Trinajstić information content (AvgIpc) is 2.65. The number of methoxy groups -OCH3 is 1. The molecule has 0 unspecified atom stereocenters. The fourth-order valence-electron chi connectivity index (χ4n) is 3.02. The van der Waals surface area contributed by atoms with E-state index in [1.807, 2.05) is 13.8 Å². The van der Waals surface area contributed by atoms with Crippen molar-refractivity contribution >= 4 is 16.7 Å². The van der Waals surface area contributed by atoms with Gasteiger partial charge < -0.3 is 10.1 Å². The van der Waals surface area contributed by atoms with Crippen LogP contribution in [0.1, 0.15) is 29.8 Å². The van der Waals surface area contributed by atoms with Crippen molar-refractivity contribution in [3.8, 4) is 16.9 Å². The summed E-state index contributed by atoms with van der Waals surface area (Å²) in [5, 5.41) is 4.43. The Hall–Kier alpha value is -3.02. The second kappa shape index (κ2) is 7.54. The van der Waals surface area contributed by atoms with Crippen LogP contribution in [-0.4, -0.2) is 19.1 Å². The Morgan fingerprint density at radius 1 is 1.00 bits per heavy atom. The molecule has 0 saturated carbocycles. The highest BCUT2D eigenvalue weighted by Crippen LogP contribution is 2.36. The van der Waals surface area contributed by atoms with Crippen molar-refractivity contribution in [2.75, 3.05) is 7.11 Å². The van der Waals surface area contributed by atoms with Gasteiger partial charge in [-0.2, -0.15) is 13.2 Å². The van der Waals surface area contributed by atoms with Crippen LogP contribution in [0.25, 0.3) is 21.9 Å². The quantitative estimate of drug-likeness (QED) is 0.626. The molecule has 6 heteroatoms. The van der Waals surface area contributed by atoms with Crippen molar-refractivity contribution in [2.24, 2.45) is 0 Å². The molecule has 146 valence electrons. The maximum absolute atomic E-state index is 12.8. The highest BCUT2D eigenvalue weighted by molar-refractivity contribution is 6.03. The second-order valence-electron chi connectivity index (χ2n) is 6.81. The lowest BCUT2D eigenvalue weighted by atomic mass is 9.95. The molecule has 0 saturated heterocycles. The molecule has 0 aliphatic heterocycles. The first-order chi connectivity index (χ1) is 13.2. The van der Waals surface area contributed by atoms with Gasteiger partial charge >= 0.3 is 6.18 Å². The lowest BCUT2D eigenvalue weighted by Crippen LogP contribution is -2.29. The van der Waals surface area contributed by atoms with Crippen molar-refractivity contribution in [2.45, 2.75) is 26.1 Å². The predicted molar refractivity (Wildman–Crippen MR) is 104 cm³/mol. The highest BCUT2D eigenvalue weighted by atomic mass is 19.4. The molecule has 28 heavy (non-hydrogen) atoms. The minimum Gasteiger partial charge on any atom is -0.497 e. The van der Waals surface area contributed by atoms with Crippen molar-refractivity contribution < 1.29 is 22.7 Å². The van der Waals surface area contributed by atoms with E-state index in [0.29, 0.717) is 16.9 Å². The summed E-state index contributed by atoms with van der Waals surface area (Å²) >= 11 is 0. The summed E-state index contributed by atoms with van der Waals surface area (Å²) in [7, 11) is 1.52. The number of fused-ring (bicyclic) bond motifs is 1. The van der Waals surface area contributed by atoms with E-state index in [1.165, 1.54) is 19.2 Å². The third-order valence-corrected chi connectivity index (χ3v) is 4.37. The molecule has 0 heterocycles.